The molecule has 0 aliphatic carbocycles. The molecule has 0 spiro atoms. The summed E-state index contributed by atoms with van der Waals surface area (Å²) in [5, 5.41) is 21.3. The van der Waals surface area contributed by atoms with Gasteiger partial charge in [0.25, 0.3) is 0 Å². The summed E-state index contributed by atoms with van der Waals surface area (Å²) in [4.78, 5) is 0. The number of halogens is 2. The highest BCUT2D eigenvalue weighted by atomic mass is 35.5. The molecule has 1 aromatic carbocycles. The van der Waals surface area contributed by atoms with Gasteiger partial charge in [0.05, 0.1) is 16.1 Å². The number of hydrogen-bond acceptors (Lipinski definition) is 3. The molecule has 2 N–H and O–H groups in total. The van der Waals surface area contributed by atoms with Crippen LogP contribution in [-0.4, -0.2) is 31.2 Å². The Labute approximate surface area is 144 Å². The number of benzene rings is 1. The second-order valence-electron chi connectivity index (χ2n) is 7.08. The van der Waals surface area contributed by atoms with Crippen LogP contribution in [0.3, 0.4) is 0 Å². The summed E-state index contributed by atoms with van der Waals surface area (Å²) >= 11 is 11.8. The van der Waals surface area contributed by atoms with Gasteiger partial charge in [-0.1, -0.05) is 50.0 Å². The van der Waals surface area contributed by atoms with Crippen LogP contribution in [-0.2, 0) is 4.43 Å². The summed E-state index contributed by atoms with van der Waals surface area (Å²) in [6.07, 6.45) is -1.53. The van der Waals surface area contributed by atoms with Gasteiger partial charge in [0.1, 0.15) is 6.10 Å². The Bertz CT molecular complexity index is 501. The van der Waals surface area contributed by atoms with Gasteiger partial charge in [0.2, 0.25) is 0 Å². The highest BCUT2D eigenvalue weighted by Gasteiger charge is 2.37. The lowest BCUT2D eigenvalue weighted by molar-refractivity contribution is 0.00519. The van der Waals surface area contributed by atoms with Crippen LogP contribution >= 0.6 is 23.2 Å². The minimum atomic E-state index is -1.83. The van der Waals surface area contributed by atoms with Gasteiger partial charge >= 0.3 is 0 Å². The van der Waals surface area contributed by atoms with Gasteiger partial charge in [-0.2, -0.15) is 0 Å². The average Bonchev–Trinajstić information content (AvgIpc) is 2.39. The Hall–Kier alpha value is -0.103. The number of aliphatic hydroxyl groups is 2. The van der Waals surface area contributed by atoms with E-state index in [1.54, 1.807) is 18.2 Å². The van der Waals surface area contributed by atoms with E-state index < -0.39 is 20.5 Å². The quantitative estimate of drug-likeness (QED) is 0.712. The highest BCUT2D eigenvalue weighted by Crippen LogP contribution is 2.36. The molecule has 0 heterocycles. The van der Waals surface area contributed by atoms with E-state index in [4.69, 9.17) is 27.6 Å². The van der Waals surface area contributed by atoms with Crippen molar-refractivity contribution in [3.05, 3.63) is 33.8 Å². The molecule has 0 amide bonds. The van der Waals surface area contributed by atoms with Gasteiger partial charge < -0.3 is 14.6 Å². The van der Waals surface area contributed by atoms with Crippen molar-refractivity contribution in [2.75, 3.05) is 6.61 Å². The van der Waals surface area contributed by atoms with E-state index in [-0.39, 0.29) is 5.04 Å². The summed E-state index contributed by atoms with van der Waals surface area (Å²) in [7, 11) is -1.83. The molecule has 0 radical (unpaired) electrons. The van der Waals surface area contributed by atoms with Gasteiger partial charge in [-0.15, -0.1) is 0 Å². The van der Waals surface area contributed by atoms with Crippen LogP contribution in [0, 0.1) is 0 Å². The second-order valence-corrected chi connectivity index (χ2v) is 12.7. The van der Waals surface area contributed by atoms with Crippen molar-refractivity contribution >= 4 is 31.5 Å². The molecule has 0 fully saturated rings. The predicted octanol–water partition coefficient (Wildman–Crippen LogP) is 4.80. The van der Waals surface area contributed by atoms with Crippen molar-refractivity contribution in [2.45, 2.75) is 57.5 Å². The number of rotatable bonds is 6. The van der Waals surface area contributed by atoms with Crippen LogP contribution < -0.4 is 0 Å². The monoisotopic (exact) mass is 364 g/mol. The van der Waals surface area contributed by atoms with Crippen molar-refractivity contribution in [3.8, 4) is 0 Å². The molecule has 0 saturated heterocycles. The fourth-order valence-corrected chi connectivity index (χ4v) is 3.10. The van der Waals surface area contributed by atoms with Gasteiger partial charge in [0.15, 0.2) is 8.32 Å². The van der Waals surface area contributed by atoms with Crippen LogP contribution in [0.25, 0.3) is 0 Å². The molecule has 3 nitrogen and oxygen atoms in total. The second kappa shape index (κ2) is 7.64. The molecule has 6 heteroatoms. The summed E-state index contributed by atoms with van der Waals surface area (Å²) in [5.74, 6) is 0. The van der Waals surface area contributed by atoms with E-state index >= 15 is 0 Å². The topological polar surface area (TPSA) is 49.7 Å². The summed E-state index contributed by atoms with van der Waals surface area (Å²) < 4.78 is 6.01. The van der Waals surface area contributed by atoms with Crippen LogP contribution in [0.4, 0.5) is 0 Å². The molecule has 1 rings (SSSR count). The van der Waals surface area contributed by atoms with Crippen molar-refractivity contribution in [3.63, 3.8) is 0 Å². The van der Waals surface area contributed by atoms with Gasteiger partial charge in [0, 0.05) is 6.61 Å². The molecular weight excluding hydrogens is 339 g/mol. The normalized spacial score (nSPS) is 15.7. The first-order valence-corrected chi connectivity index (χ1v) is 11.1. The van der Waals surface area contributed by atoms with Gasteiger partial charge in [-0.05, 0) is 42.2 Å². The summed E-state index contributed by atoms with van der Waals surface area (Å²) in [6, 6.07) is 4.85. The third-order valence-electron chi connectivity index (χ3n) is 4.33. The first kappa shape index (κ1) is 19.9. The van der Waals surface area contributed by atoms with Crippen LogP contribution in [0.5, 0.6) is 0 Å². The summed E-state index contributed by atoms with van der Waals surface area (Å²) in [5.41, 5.74) is 0.550. The molecule has 22 heavy (non-hydrogen) atoms. The lowest BCUT2D eigenvalue weighted by atomic mass is 10.0. The Kier molecular flexibility index (Phi) is 6.93. The first-order valence-electron chi connectivity index (χ1n) is 7.41. The Morgan fingerprint density at radius 2 is 1.73 bits per heavy atom. The van der Waals surface area contributed by atoms with E-state index in [2.05, 4.69) is 33.9 Å². The molecule has 0 aromatic heterocycles. The molecule has 1 unspecified atom stereocenters. The van der Waals surface area contributed by atoms with Gasteiger partial charge in [-0.3, -0.25) is 0 Å². The lowest BCUT2D eigenvalue weighted by Gasteiger charge is -2.36. The van der Waals surface area contributed by atoms with E-state index in [9.17, 15) is 10.2 Å². The first-order chi connectivity index (χ1) is 9.95. The largest absolute Gasteiger partial charge is 0.417 e. The van der Waals surface area contributed by atoms with Crippen molar-refractivity contribution < 1.29 is 14.6 Å². The van der Waals surface area contributed by atoms with Crippen LogP contribution in [0.2, 0.25) is 28.2 Å². The fraction of sp³-hybridized carbons (Fsp3) is 0.625. The zero-order chi connectivity index (χ0) is 17.1. The summed E-state index contributed by atoms with van der Waals surface area (Å²) in [6.45, 7) is 11.3. The van der Waals surface area contributed by atoms with Gasteiger partial charge in [-0.25, -0.2) is 0 Å². The van der Waals surface area contributed by atoms with Crippen LogP contribution in [0.15, 0.2) is 18.2 Å². The Morgan fingerprint density at radius 1 is 1.14 bits per heavy atom. The molecule has 0 aliphatic heterocycles. The number of hydrogen-bond donors (Lipinski definition) is 2. The maximum atomic E-state index is 10.2. The van der Waals surface area contributed by atoms with Crippen molar-refractivity contribution in [1.82, 2.24) is 0 Å². The van der Waals surface area contributed by atoms with Crippen LogP contribution in [0.1, 0.15) is 38.9 Å². The minimum absolute atomic E-state index is 0.125. The average molecular weight is 365 g/mol. The minimum Gasteiger partial charge on any atom is -0.417 e. The zero-order valence-electron chi connectivity index (χ0n) is 13.9. The lowest BCUT2D eigenvalue weighted by Crippen LogP contribution is -2.41. The SMILES string of the molecule is CC(C)(C)[Si](C)(C)OCC[C@@H](O)C(O)c1ccc(Cl)c(Cl)c1. The van der Waals surface area contributed by atoms with Crippen molar-refractivity contribution in [2.24, 2.45) is 0 Å². The molecule has 2 atom stereocenters. The third-order valence-corrected chi connectivity index (χ3v) is 9.61. The molecular formula is C16H26Cl2O3Si. The molecule has 0 saturated carbocycles. The maximum Gasteiger partial charge on any atom is 0.191 e. The fourth-order valence-electron chi connectivity index (χ4n) is 1.73. The van der Waals surface area contributed by atoms with E-state index in [1.165, 1.54) is 0 Å². The Balaban J connectivity index is 2.58. The standard InChI is InChI=1S/C16H26Cl2O3Si/c1-16(2,3)22(4,5)21-9-8-14(19)15(20)11-6-7-12(17)13(18)10-11/h6-7,10,14-15,19-20H,8-9H2,1-5H3/t14-,15?/m1/s1. The smallest absolute Gasteiger partial charge is 0.191 e. The number of aliphatic hydroxyl groups excluding tert-OH is 2. The zero-order valence-corrected chi connectivity index (χ0v) is 16.4. The molecule has 1 aromatic rings. The maximum absolute atomic E-state index is 10.2. The van der Waals surface area contributed by atoms with E-state index in [1.807, 2.05) is 0 Å². The highest BCUT2D eigenvalue weighted by molar-refractivity contribution is 6.74. The predicted molar refractivity (Wildman–Crippen MR) is 95.2 cm³/mol. The van der Waals surface area contributed by atoms with Crippen molar-refractivity contribution in [1.29, 1.82) is 0 Å². The van der Waals surface area contributed by atoms with E-state index in [0.29, 0.717) is 28.6 Å². The molecule has 0 bridgehead atoms. The van der Waals surface area contributed by atoms with E-state index in [0.717, 1.165) is 0 Å². The molecule has 0 aliphatic rings. The molecule has 126 valence electrons. The Morgan fingerprint density at radius 3 is 2.23 bits per heavy atom. The third kappa shape index (κ3) is 5.22.